The molecule has 0 unspecified atom stereocenters. The summed E-state index contributed by atoms with van der Waals surface area (Å²) in [5.41, 5.74) is 4.19. The van der Waals surface area contributed by atoms with Crippen LogP contribution in [0.15, 0.2) is 54.7 Å². The quantitative estimate of drug-likeness (QED) is 0.300. The summed E-state index contributed by atoms with van der Waals surface area (Å²) >= 11 is 2.21. The third-order valence-corrected chi connectivity index (χ3v) is 5.78. The molecule has 0 saturated carbocycles. The minimum Gasteiger partial charge on any atom is -0.351 e. The Morgan fingerprint density at radius 1 is 1.06 bits per heavy atom. The van der Waals surface area contributed by atoms with Crippen LogP contribution < -0.4 is 5.32 Å². The molecule has 0 atom stereocenters. The molecule has 3 N–H and O–H groups in total. The smallest absolute Gasteiger partial charge is 0.269 e. The maximum Gasteiger partial charge on any atom is 0.269 e. The molecule has 0 aliphatic heterocycles. The standard InChI is InChI=1S/C22H18IN7O/c1-30(2)22(31)18-9-12-3-4-13(10-17(12)26-18)21-24-8-7-19(27-21)25-14-5-6-16-15(11-14)20(23)29-28-16/h3-11,26H,1-2H3,(H,28,29)(H,24,25,27). The van der Waals surface area contributed by atoms with Gasteiger partial charge in [-0.3, -0.25) is 9.89 Å². The van der Waals surface area contributed by atoms with Gasteiger partial charge in [0.15, 0.2) is 5.82 Å². The van der Waals surface area contributed by atoms with E-state index in [2.05, 4.69) is 53.1 Å². The maximum absolute atomic E-state index is 12.2. The SMILES string of the molecule is CN(C)C(=O)c1cc2ccc(-c3nccc(Nc4ccc5[nH]nc(I)c5c4)n3)cc2[nH]1. The third kappa shape index (κ3) is 3.72. The molecule has 0 aliphatic rings. The van der Waals surface area contributed by atoms with Crippen molar-refractivity contribution in [3.05, 3.63) is 64.1 Å². The number of hydrogen-bond donors (Lipinski definition) is 3. The summed E-state index contributed by atoms with van der Waals surface area (Å²) in [7, 11) is 3.47. The van der Waals surface area contributed by atoms with Crippen LogP contribution in [0.4, 0.5) is 11.5 Å². The number of fused-ring (bicyclic) bond motifs is 2. The minimum absolute atomic E-state index is 0.0653. The number of benzene rings is 2. The molecule has 0 spiro atoms. The molecular formula is C22H18IN7O. The Hall–Kier alpha value is -3.47. The number of nitrogens with zero attached hydrogens (tertiary/aromatic N) is 4. The second kappa shape index (κ2) is 7.65. The van der Waals surface area contributed by atoms with Crippen LogP contribution in [0.2, 0.25) is 0 Å². The molecule has 8 nitrogen and oxygen atoms in total. The van der Waals surface area contributed by atoms with E-state index in [-0.39, 0.29) is 5.91 Å². The molecule has 31 heavy (non-hydrogen) atoms. The number of H-pyrrole nitrogens is 2. The summed E-state index contributed by atoms with van der Waals surface area (Å²) in [6, 6.07) is 15.6. The Bertz CT molecular complexity index is 1440. The highest BCUT2D eigenvalue weighted by molar-refractivity contribution is 14.1. The van der Waals surface area contributed by atoms with Crippen LogP contribution >= 0.6 is 22.6 Å². The van der Waals surface area contributed by atoms with Gasteiger partial charge in [0, 0.05) is 47.8 Å². The number of anilines is 2. The Morgan fingerprint density at radius 3 is 2.77 bits per heavy atom. The number of halogens is 1. The maximum atomic E-state index is 12.2. The van der Waals surface area contributed by atoms with Crippen LogP contribution in [0.3, 0.4) is 0 Å². The second-order valence-electron chi connectivity index (χ2n) is 7.35. The van der Waals surface area contributed by atoms with Crippen molar-refractivity contribution in [2.24, 2.45) is 0 Å². The zero-order valence-electron chi connectivity index (χ0n) is 16.8. The Morgan fingerprint density at radius 2 is 1.94 bits per heavy atom. The zero-order chi connectivity index (χ0) is 21.5. The van der Waals surface area contributed by atoms with Gasteiger partial charge >= 0.3 is 0 Å². The first-order chi connectivity index (χ1) is 15.0. The molecule has 0 aliphatic carbocycles. The van der Waals surface area contributed by atoms with Crippen LogP contribution in [0, 0.1) is 3.70 Å². The first-order valence-corrected chi connectivity index (χ1v) is 10.6. The van der Waals surface area contributed by atoms with E-state index < -0.39 is 0 Å². The van der Waals surface area contributed by atoms with Crippen LogP contribution in [0.25, 0.3) is 33.2 Å². The lowest BCUT2D eigenvalue weighted by Gasteiger charge is -2.08. The summed E-state index contributed by atoms with van der Waals surface area (Å²) in [6.07, 6.45) is 1.73. The molecule has 5 rings (SSSR count). The first-order valence-electron chi connectivity index (χ1n) is 9.56. The number of rotatable bonds is 4. The molecule has 0 radical (unpaired) electrons. The Balaban J connectivity index is 1.45. The molecule has 1 amide bonds. The van der Waals surface area contributed by atoms with Gasteiger partial charge in [0.1, 0.15) is 15.2 Å². The number of aromatic nitrogens is 5. The van der Waals surface area contributed by atoms with Gasteiger partial charge in [-0.15, -0.1) is 0 Å². The molecule has 9 heteroatoms. The van der Waals surface area contributed by atoms with Gasteiger partial charge in [-0.2, -0.15) is 5.10 Å². The van der Waals surface area contributed by atoms with E-state index in [1.54, 1.807) is 25.2 Å². The molecule has 3 heterocycles. The lowest BCUT2D eigenvalue weighted by atomic mass is 10.1. The van der Waals surface area contributed by atoms with E-state index >= 15 is 0 Å². The van der Waals surface area contributed by atoms with Crippen LogP contribution in [-0.2, 0) is 0 Å². The second-order valence-corrected chi connectivity index (χ2v) is 8.37. The lowest BCUT2D eigenvalue weighted by molar-refractivity contribution is 0.0823. The lowest BCUT2D eigenvalue weighted by Crippen LogP contribution is -2.21. The van der Waals surface area contributed by atoms with E-state index in [1.807, 2.05) is 48.5 Å². The largest absolute Gasteiger partial charge is 0.351 e. The fourth-order valence-corrected chi connectivity index (χ4v) is 3.96. The monoisotopic (exact) mass is 523 g/mol. The summed E-state index contributed by atoms with van der Waals surface area (Å²) in [6.45, 7) is 0. The van der Waals surface area contributed by atoms with Gasteiger partial charge in [-0.05, 0) is 59.0 Å². The van der Waals surface area contributed by atoms with Gasteiger partial charge in [0.2, 0.25) is 0 Å². The first kappa shape index (κ1) is 19.5. The molecule has 5 aromatic rings. The van der Waals surface area contributed by atoms with Crippen LogP contribution in [0.5, 0.6) is 0 Å². The van der Waals surface area contributed by atoms with E-state index in [9.17, 15) is 4.79 Å². The predicted molar refractivity (Wildman–Crippen MR) is 129 cm³/mol. The van der Waals surface area contributed by atoms with Crippen molar-refractivity contribution in [1.82, 2.24) is 30.0 Å². The minimum atomic E-state index is -0.0653. The number of amides is 1. The van der Waals surface area contributed by atoms with Crippen LogP contribution in [-0.4, -0.2) is 50.1 Å². The summed E-state index contributed by atoms with van der Waals surface area (Å²) in [5, 5.41) is 12.6. The average Bonchev–Trinajstić information content (AvgIpc) is 3.36. The molecule has 154 valence electrons. The van der Waals surface area contributed by atoms with Crippen molar-refractivity contribution in [3.8, 4) is 11.4 Å². The van der Waals surface area contributed by atoms with Crippen molar-refractivity contribution in [1.29, 1.82) is 0 Å². The van der Waals surface area contributed by atoms with E-state index in [0.717, 1.165) is 36.8 Å². The van der Waals surface area contributed by atoms with Gasteiger partial charge in [0.05, 0.1) is 5.52 Å². The molecule has 0 saturated heterocycles. The highest BCUT2D eigenvalue weighted by Gasteiger charge is 2.13. The van der Waals surface area contributed by atoms with Crippen molar-refractivity contribution in [2.45, 2.75) is 0 Å². The van der Waals surface area contributed by atoms with Crippen molar-refractivity contribution < 1.29 is 4.79 Å². The van der Waals surface area contributed by atoms with Gasteiger partial charge in [-0.1, -0.05) is 12.1 Å². The van der Waals surface area contributed by atoms with E-state index in [4.69, 9.17) is 0 Å². The van der Waals surface area contributed by atoms with Crippen molar-refractivity contribution >= 4 is 61.8 Å². The fourth-order valence-electron chi connectivity index (χ4n) is 3.40. The Labute approximate surface area is 191 Å². The molecule has 0 fully saturated rings. The average molecular weight is 523 g/mol. The third-order valence-electron chi connectivity index (χ3n) is 4.96. The topological polar surface area (TPSA) is 103 Å². The summed E-state index contributed by atoms with van der Waals surface area (Å²) < 4.78 is 0.922. The van der Waals surface area contributed by atoms with Crippen LogP contribution in [0.1, 0.15) is 10.5 Å². The zero-order valence-corrected chi connectivity index (χ0v) is 18.9. The number of carbonyl (C=O) groups is 1. The molecule has 0 bridgehead atoms. The highest BCUT2D eigenvalue weighted by Crippen LogP contribution is 2.26. The number of carbonyl (C=O) groups excluding carboxylic acids is 1. The number of hydrogen-bond acceptors (Lipinski definition) is 5. The van der Waals surface area contributed by atoms with Gasteiger partial charge in [0.25, 0.3) is 5.91 Å². The molecule has 3 aromatic heterocycles. The van der Waals surface area contributed by atoms with E-state index in [1.165, 1.54) is 0 Å². The number of nitrogens with one attached hydrogen (secondary N) is 3. The molecule has 2 aromatic carbocycles. The Kier molecular flexibility index (Phi) is 4.81. The normalized spacial score (nSPS) is 11.2. The number of aromatic amines is 2. The summed E-state index contributed by atoms with van der Waals surface area (Å²) in [4.78, 5) is 26.1. The van der Waals surface area contributed by atoms with E-state index in [0.29, 0.717) is 17.3 Å². The van der Waals surface area contributed by atoms with Gasteiger partial charge in [-0.25, -0.2) is 9.97 Å². The van der Waals surface area contributed by atoms with Gasteiger partial charge < -0.3 is 15.2 Å². The van der Waals surface area contributed by atoms with Crippen molar-refractivity contribution in [3.63, 3.8) is 0 Å². The molecular weight excluding hydrogens is 505 g/mol. The van der Waals surface area contributed by atoms with Crippen molar-refractivity contribution in [2.75, 3.05) is 19.4 Å². The summed E-state index contributed by atoms with van der Waals surface area (Å²) in [5.74, 6) is 1.23. The highest BCUT2D eigenvalue weighted by atomic mass is 127. The fraction of sp³-hybridized carbons (Fsp3) is 0.0909. The predicted octanol–water partition coefficient (Wildman–Crippen LogP) is 4.55.